The Hall–Kier alpha value is -2.11. The van der Waals surface area contributed by atoms with Gasteiger partial charge in [0.15, 0.2) is 0 Å². The zero-order chi connectivity index (χ0) is 13.5. The van der Waals surface area contributed by atoms with Crippen LogP contribution in [0.2, 0.25) is 0 Å². The molecule has 1 aromatic rings. The molecule has 1 heterocycles. The number of ether oxygens (including phenoxy) is 1. The van der Waals surface area contributed by atoms with Crippen molar-refractivity contribution in [2.24, 2.45) is 0 Å². The number of pyridine rings is 1. The van der Waals surface area contributed by atoms with Crippen molar-refractivity contribution in [3.05, 3.63) is 24.0 Å². The molecule has 0 fully saturated rings. The molecule has 1 amide bonds. The van der Waals surface area contributed by atoms with Gasteiger partial charge in [0.1, 0.15) is 12.2 Å². The maximum atomic E-state index is 12.1. The number of rotatable bonds is 5. The van der Waals surface area contributed by atoms with Crippen LogP contribution in [0.5, 0.6) is 0 Å². The van der Waals surface area contributed by atoms with Gasteiger partial charge in [0, 0.05) is 6.54 Å². The van der Waals surface area contributed by atoms with Crippen LogP contribution < -0.4 is 5.73 Å². The highest BCUT2D eigenvalue weighted by atomic mass is 16.5. The molecule has 0 bridgehead atoms. The number of aromatic nitrogens is 1. The van der Waals surface area contributed by atoms with E-state index in [1.807, 2.05) is 6.92 Å². The van der Waals surface area contributed by atoms with Crippen molar-refractivity contribution >= 4 is 17.6 Å². The lowest BCUT2D eigenvalue weighted by Gasteiger charge is -2.20. The van der Waals surface area contributed by atoms with Crippen LogP contribution in [0, 0.1) is 0 Å². The third kappa shape index (κ3) is 3.73. The number of nitrogens with zero attached hydrogens (tertiary/aromatic N) is 2. The van der Waals surface area contributed by atoms with Gasteiger partial charge < -0.3 is 15.4 Å². The molecule has 0 atom stereocenters. The summed E-state index contributed by atoms with van der Waals surface area (Å²) in [5.41, 5.74) is 6.26. The number of amides is 1. The van der Waals surface area contributed by atoms with Crippen molar-refractivity contribution in [1.29, 1.82) is 0 Å². The first-order valence-corrected chi connectivity index (χ1v) is 5.66. The summed E-state index contributed by atoms with van der Waals surface area (Å²) in [6, 6.07) is 3.14. The summed E-state index contributed by atoms with van der Waals surface area (Å²) in [6.07, 6.45) is 2.16. The van der Waals surface area contributed by atoms with Gasteiger partial charge in [0.2, 0.25) is 0 Å². The maximum Gasteiger partial charge on any atom is 0.325 e. The van der Waals surface area contributed by atoms with Crippen molar-refractivity contribution in [2.75, 3.05) is 25.9 Å². The maximum absolute atomic E-state index is 12.1. The van der Waals surface area contributed by atoms with E-state index in [0.717, 1.165) is 6.42 Å². The van der Waals surface area contributed by atoms with Crippen LogP contribution in [0.15, 0.2) is 18.3 Å². The Morgan fingerprint density at radius 1 is 1.44 bits per heavy atom. The van der Waals surface area contributed by atoms with E-state index in [4.69, 9.17) is 5.73 Å². The highest BCUT2D eigenvalue weighted by Crippen LogP contribution is 2.06. The number of carbonyl (C=O) groups is 2. The quantitative estimate of drug-likeness (QED) is 0.778. The zero-order valence-corrected chi connectivity index (χ0v) is 10.5. The molecule has 0 spiro atoms. The summed E-state index contributed by atoms with van der Waals surface area (Å²) in [5, 5.41) is 0. The SMILES string of the molecule is CCCN(CC(=O)OC)C(=O)c1ccc(N)cn1. The lowest BCUT2D eigenvalue weighted by Crippen LogP contribution is -2.37. The largest absolute Gasteiger partial charge is 0.468 e. The Bertz CT molecular complexity index is 417. The average Bonchev–Trinajstić information content (AvgIpc) is 2.38. The molecule has 0 radical (unpaired) electrons. The van der Waals surface area contributed by atoms with Gasteiger partial charge in [0.05, 0.1) is 19.0 Å². The molecule has 6 nitrogen and oxygen atoms in total. The van der Waals surface area contributed by atoms with Crippen LogP contribution >= 0.6 is 0 Å². The normalized spacial score (nSPS) is 9.89. The van der Waals surface area contributed by atoms with Crippen LogP contribution in [0.3, 0.4) is 0 Å². The molecule has 0 aromatic carbocycles. The van der Waals surface area contributed by atoms with E-state index in [1.165, 1.54) is 24.3 Å². The number of anilines is 1. The van der Waals surface area contributed by atoms with Gasteiger partial charge in [-0.05, 0) is 18.6 Å². The molecule has 6 heteroatoms. The monoisotopic (exact) mass is 251 g/mol. The average molecular weight is 251 g/mol. The molecule has 0 saturated heterocycles. The van der Waals surface area contributed by atoms with Crippen molar-refractivity contribution in [3.63, 3.8) is 0 Å². The third-order valence-electron chi connectivity index (χ3n) is 2.33. The minimum absolute atomic E-state index is 0.0742. The number of hydrogen-bond donors (Lipinski definition) is 1. The molecule has 2 N–H and O–H groups in total. The predicted octanol–water partition coefficient (Wildman–Crippen LogP) is 0.689. The van der Waals surface area contributed by atoms with Gasteiger partial charge in [-0.2, -0.15) is 0 Å². The summed E-state index contributed by atoms with van der Waals surface area (Å²) in [5.74, 6) is -0.755. The molecule has 98 valence electrons. The van der Waals surface area contributed by atoms with Crippen LogP contribution in [-0.4, -0.2) is 42.0 Å². The van der Waals surface area contributed by atoms with Gasteiger partial charge in [-0.25, -0.2) is 4.98 Å². The van der Waals surface area contributed by atoms with Gasteiger partial charge in [0.25, 0.3) is 5.91 Å². The Labute approximate surface area is 106 Å². The third-order valence-corrected chi connectivity index (χ3v) is 2.33. The fourth-order valence-corrected chi connectivity index (χ4v) is 1.44. The second-order valence-electron chi connectivity index (χ2n) is 3.78. The molecule has 18 heavy (non-hydrogen) atoms. The van der Waals surface area contributed by atoms with E-state index < -0.39 is 5.97 Å². The molecule has 0 unspecified atom stereocenters. The second kappa shape index (κ2) is 6.58. The molecule has 0 saturated carbocycles. The first-order valence-electron chi connectivity index (χ1n) is 5.66. The lowest BCUT2D eigenvalue weighted by atomic mass is 10.3. The number of carbonyl (C=O) groups excluding carboxylic acids is 2. The van der Waals surface area contributed by atoms with E-state index in [9.17, 15) is 9.59 Å². The van der Waals surface area contributed by atoms with E-state index >= 15 is 0 Å². The highest BCUT2D eigenvalue weighted by molar-refractivity contribution is 5.94. The van der Waals surface area contributed by atoms with Gasteiger partial charge in [-0.15, -0.1) is 0 Å². The zero-order valence-electron chi connectivity index (χ0n) is 10.5. The van der Waals surface area contributed by atoms with Crippen LogP contribution in [0.25, 0.3) is 0 Å². The lowest BCUT2D eigenvalue weighted by molar-refractivity contribution is -0.141. The Balaban J connectivity index is 2.81. The Morgan fingerprint density at radius 3 is 2.67 bits per heavy atom. The number of hydrogen-bond acceptors (Lipinski definition) is 5. The highest BCUT2D eigenvalue weighted by Gasteiger charge is 2.19. The van der Waals surface area contributed by atoms with E-state index in [1.54, 1.807) is 6.07 Å². The molecule has 0 aliphatic rings. The molecular formula is C12H17N3O3. The summed E-state index contributed by atoms with van der Waals surface area (Å²) < 4.78 is 4.56. The van der Waals surface area contributed by atoms with Crippen LogP contribution in [0.4, 0.5) is 5.69 Å². The summed E-state index contributed by atoms with van der Waals surface area (Å²) >= 11 is 0. The molecule has 1 rings (SSSR count). The molecule has 0 aliphatic heterocycles. The first-order chi connectivity index (χ1) is 8.58. The fourth-order valence-electron chi connectivity index (χ4n) is 1.44. The number of nitrogens with two attached hydrogens (primary N) is 1. The van der Waals surface area contributed by atoms with Gasteiger partial charge >= 0.3 is 5.97 Å². The minimum atomic E-state index is -0.452. The Morgan fingerprint density at radius 2 is 2.17 bits per heavy atom. The first kappa shape index (κ1) is 14.0. The molecular weight excluding hydrogens is 234 g/mol. The smallest absolute Gasteiger partial charge is 0.325 e. The Kier molecular flexibility index (Phi) is 5.10. The van der Waals surface area contributed by atoms with Crippen LogP contribution in [-0.2, 0) is 9.53 Å². The molecule has 0 aliphatic carbocycles. The van der Waals surface area contributed by atoms with Crippen molar-refractivity contribution < 1.29 is 14.3 Å². The van der Waals surface area contributed by atoms with E-state index in [-0.39, 0.29) is 18.1 Å². The van der Waals surface area contributed by atoms with Crippen molar-refractivity contribution in [1.82, 2.24) is 9.88 Å². The minimum Gasteiger partial charge on any atom is -0.468 e. The fraction of sp³-hybridized carbons (Fsp3) is 0.417. The van der Waals surface area contributed by atoms with E-state index in [0.29, 0.717) is 12.2 Å². The standard InChI is InChI=1S/C12H17N3O3/c1-3-6-15(8-11(16)18-2)12(17)10-5-4-9(13)7-14-10/h4-5,7H,3,6,8,13H2,1-2H3. The number of esters is 1. The van der Waals surface area contributed by atoms with Crippen LogP contribution in [0.1, 0.15) is 23.8 Å². The summed E-state index contributed by atoms with van der Waals surface area (Å²) in [6.45, 7) is 2.32. The van der Waals surface area contributed by atoms with Crippen molar-refractivity contribution in [2.45, 2.75) is 13.3 Å². The van der Waals surface area contributed by atoms with Crippen molar-refractivity contribution in [3.8, 4) is 0 Å². The van der Waals surface area contributed by atoms with Gasteiger partial charge in [-0.1, -0.05) is 6.92 Å². The topological polar surface area (TPSA) is 85.5 Å². The second-order valence-corrected chi connectivity index (χ2v) is 3.78. The van der Waals surface area contributed by atoms with Gasteiger partial charge in [-0.3, -0.25) is 9.59 Å². The predicted molar refractivity (Wildman–Crippen MR) is 66.9 cm³/mol. The number of nitrogen functional groups attached to an aromatic ring is 1. The molecule has 1 aromatic heterocycles. The summed E-state index contributed by atoms with van der Waals surface area (Å²) in [7, 11) is 1.29. The number of methoxy groups -OCH3 is 1. The summed E-state index contributed by atoms with van der Waals surface area (Å²) in [4.78, 5) is 28.7. The van der Waals surface area contributed by atoms with E-state index in [2.05, 4.69) is 9.72 Å².